The zero-order valence-corrected chi connectivity index (χ0v) is 14.9. The highest BCUT2D eigenvalue weighted by atomic mass is 79.9. The smallest absolute Gasteiger partial charge is 0.119 e. The molecular weight excluding hydrogens is 328 g/mol. The standard InChI is InChI=1S/C17H27BrN2O/c1-4-17(5-2)13-19-14(3)12-20(17)10-11-21-16-8-6-15(18)7-9-16/h6-9,14,19H,4-5,10-13H2,1-3H3. The highest BCUT2D eigenvalue weighted by molar-refractivity contribution is 9.10. The summed E-state index contributed by atoms with van der Waals surface area (Å²) in [6.45, 7) is 10.8. The first-order valence-corrected chi connectivity index (χ1v) is 8.75. The Morgan fingerprint density at radius 2 is 1.95 bits per heavy atom. The van der Waals surface area contributed by atoms with Crippen LogP contribution in [0.15, 0.2) is 28.7 Å². The van der Waals surface area contributed by atoms with E-state index in [4.69, 9.17) is 4.74 Å². The quantitative estimate of drug-likeness (QED) is 0.843. The van der Waals surface area contributed by atoms with Crippen molar-refractivity contribution in [1.29, 1.82) is 0 Å². The molecule has 1 aromatic carbocycles. The molecule has 1 saturated heterocycles. The number of halogens is 1. The van der Waals surface area contributed by atoms with Crippen molar-refractivity contribution in [1.82, 2.24) is 10.2 Å². The van der Waals surface area contributed by atoms with E-state index in [1.165, 1.54) is 12.8 Å². The molecule has 1 atom stereocenters. The van der Waals surface area contributed by atoms with Crippen LogP contribution in [0.25, 0.3) is 0 Å². The van der Waals surface area contributed by atoms with Crippen molar-refractivity contribution in [3.05, 3.63) is 28.7 Å². The predicted octanol–water partition coefficient (Wildman–Crippen LogP) is 3.68. The summed E-state index contributed by atoms with van der Waals surface area (Å²) >= 11 is 3.45. The Balaban J connectivity index is 1.91. The fraction of sp³-hybridized carbons (Fsp3) is 0.647. The van der Waals surface area contributed by atoms with Gasteiger partial charge in [-0.2, -0.15) is 0 Å². The van der Waals surface area contributed by atoms with Gasteiger partial charge in [0.25, 0.3) is 0 Å². The number of hydrogen-bond acceptors (Lipinski definition) is 3. The summed E-state index contributed by atoms with van der Waals surface area (Å²) in [7, 11) is 0. The molecule has 0 radical (unpaired) electrons. The first-order valence-electron chi connectivity index (χ1n) is 7.96. The molecule has 1 aromatic rings. The second kappa shape index (κ2) is 7.61. The molecule has 1 aliphatic heterocycles. The van der Waals surface area contributed by atoms with E-state index >= 15 is 0 Å². The van der Waals surface area contributed by atoms with Gasteiger partial charge in [-0.25, -0.2) is 0 Å². The molecule has 0 saturated carbocycles. The molecule has 0 amide bonds. The van der Waals surface area contributed by atoms with Crippen molar-refractivity contribution < 1.29 is 4.74 Å². The van der Waals surface area contributed by atoms with Gasteiger partial charge in [0.05, 0.1) is 0 Å². The maximum Gasteiger partial charge on any atom is 0.119 e. The Bertz CT molecular complexity index is 431. The first kappa shape index (κ1) is 16.8. The lowest BCUT2D eigenvalue weighted by Gasteiger charge is -2.49. The minimum atomic E-state index is 0.287. The van der Waals surface area contributed by atoms with E-state index < -0.39 is 0 Å². The monoisotopic (exact) mass is 354 g/mol. The maximum atomic E-state index is 5.90. The molecule has 1 N–H and O–H groups in total. The summed E-state index contributed by atoms with van der Waals surface area (Å²) in [4.78, 5) is 2.62. The van der Waals surface area contributed by atoms with Gasteiger partial charge in [-0.3, -0.25) is 4.90 Å². The van der Waals surface area contributed by atoms with E-state index in [1.54, 1.807) is 0 Å². The Hall–Kier alpha value is -0.580. The molecule has 118 valence electrons. The molecule has 3 nitrogen and oxygen atoms in total. The van der Waals surface area contributed by atoms with E-state index in [2.05, 4.69) is 46.9 Å². The third kappa shape index (κ3) is 4.21. The SMILES string of the molecule is CCC1(CC)CNC(C)CN1CCOc1ccc(Br)cc1. The number of nitrogens with one attached hydrogen (secondary N) is 1. The first-order chi connectivity index (χ1) is 10.1. The molecular formula is C17H27BrN2O. The third-order valence-corrected chi connectivity index (χ3v) is 5.23. The largest absolute Gasteiger partial charge is 0.492 e. The summed E-state index contributed by atoms with van der Waals surface area (Å²) in [5.74, 6) is 0.944. The van der Waals surface area contributed by atoms with E-state index in [9.17, 15) is 0 Å². The van der Waals surface area contributed by atoms with Crippen LogP contribution in [0, 0.1) is 0 Å². The molecule has 0 aromatic heterocycles. The second-order valence-corrected chi connectivity index (χ2v) is 6.88. The zero-order valence-electron chi connectivity index (χ0n) is 13.4. The van der Waals surface area contributed by atoms with Gasteiger partial charge in [-0.15, -0.1) is 0 Å². The van der Waals surface area contributed by atoms with Crippen molar-refractivity contribution in [2.45, 2.75) is 45.2 Å². The lowest BCUT2D eigenvalue weighted by Crippen LogP contribution is -2.64. The van der Waals surface area contributed by atoms with Crippen LogP contribution in [0.1, 0.15) is 33.6 Å². The van der Waals surface area contributed by atoms with Gasteiger partial charge < -0.3 is 10.1 Å². The van der Waals surface area contributed by atoms with Gasteiger partial charge in [-0.1, -0.05) is 29.8 Å². The molecule has 4 heteroatoms. The fourth-order valence-electron chi connectivity index (χ4n) is 3.14. The fourth-order valence-corrected chi connectivity index (χ4v) is 3.41. The number of nitrogens with zero attached hydrogens (tertiary/aromatic N) is 1. The second-order valence-electron chi connectivity index (χ2n) is 5.96. The molecule has 1 aliphatic rings. The van der Waals surface area contributed by atoms with Gasteiger partial charge in [0.1, 0.15) is 12.4 Å². The minimum absolute atomic E-state index is 0.287. The van der Waals surface area contributed by atoms with Gasteiger partial charge in [0, 0.05) is 35.7 Å². The van der Waals surface area contributed by atoms with Crippen LogP contribution in [0.2, 0.25) is 0 Å². The third-order valence-electron chi connectivity index (χ3n) is 4.70. The summed E-state index contributed by atoms with van der Waals surface area (Å²) < 4.78 is 6.98. The van der Waals surface area contributed by atoms with Crippen LogP contribution in [0.5, 0.6) is 5.75 Å². The molecule has 1 unspecified atom stereocenters. The highest BCUT2D eigenvalue weighted by Crippen LogP contribution is 2.26. The Morgan fingerprint density at radius 1 is 1.29 bits per heavy atom. The average Bonchev–Trinajstić information content (AvgIpc) is 2.50. The lowest BCUT2D eigenvalue weighted by molar-refractivity contribution is 0.0247. The number of hydrogen-bond donors (Lipinski definition) is 1. The van der Waals surface area contributed by atoms with Crippen molar-refractivity contribution in [3.8, 4) is 5.75 Å². The normalized spacial score (nSPS) is 22.2. The minimum Gasteiger partial charge on any atom is -0.492 e. The van der Waals surface area contributed by atoms with Crippen molar-refractivity contribution in [3.63, 3.8) is 0 Å². The van der Waals surface area contributed by atoms with Crippen molar-refractivity contribution in [2.24, 2.45) is 0 Å². The van der Waals surface area contributed by atoms with E-state index in [0.29, 0.717) is 6.04 Å². The Labute approximate surface area is 137 Å². The number of benzene rings is 1. The molecule has 2 rings (SSSR count). The van der Waals surface area contributed by atoms with Crippen molar-refractivity contribution >= 4 is 15.9 Å². The van der Waals surface area contributed by atoms with Crippen LogP contribution in [0.3, 0.4) is 0 Å². The summed E-state index contributed by atoms with van der Waals surface area (Å²) in [6, 6.07) is 8.62. The number of ether oxygens (including phenoxy) is 1. The van der Waals surface area contributed by atoms with E-state index in [1.807, 2.05) is 24.3 Å². The van der Waals surface area contributed by atoms with Crippen LogP contribution >= 0.6 is 15.9 Å². The number of piperazine rings is 1. The van der Waals surface area contributed by atoms with E-state index in [0.717, 1.165) is 36.5 Å². The van der Waals surface area contributed by atoms with Gasteiger partial charge in [-0.05, 0) is 44.0 Å². The maximum absolute atomic E-state index is 5.90. The summed E-state index contributed by atoms with van der Waals surface area (Å²) in [6.07, 6.45) is 2.36. The zero-order chi connectivity index (χ0) is 15.3. The predicted molar refractivity (Wildman–Crippen MR) is 92.0 cm³/mol. The van der Waals surface area contributed by atoms with Crippen LogP contribution in [-0.4, -0.2) is 42.7 Å². The lowest BCUT2D eigenvalue weighted by atomic mass is 9.87. The van der Waals surface area contributed by atoms with Gasteiger partial charge in [0.15, 0.2) is 0 Å². The van der Waals surface area contributed by atoms with Gasteiger partial charge in [0.2, 0.25) is 0 Å². The molecule has 0 spiro atoms. The molecule has 0 aliphatic carbocycles. The van der Waals surface area contributed by atoms with Crippen LogP contribution in [0.4, 0.5) is 0 Å². The summed E-state index contributed by atoms with van der Waals surface area (Å²) in [5, 5.41) is 3.63. The van der Waals surface area contributed by atoms with Crippen LogP contribution in [-0.2, 0) is 0 Å². The molecule has 0 bridgehead atoms. The molecule has 1 heterocycles. The molecule has 1 fully saturated rings. The Kier molecular flexibility index (Phi) is 6.08. The summed E-state index contributed by atoms with van der Waals surface area (Å²) in [5.41, 5.74) is 0.287. The van der Waals surface area contributed by atoms with Crippen molar-refractivity contribution in [2.75, 3.05) is 26.2 Å². The molecule has 21 heavy (non-hydrogen) atoms. The highest BCUT2D eigenvalue weighted by Gasteiger charge is 2.37. The average molecular weight is 355 g/mol. The Morgan fingerprint density at radius 3 is 2.57 bits per heavy atom. The van der Waals surface area contributed by atoms with Gasteiger partial charge >= 0.3 is 0 Å². The topological polar surface area (TPSA) is 24.5 Å². The number of rotatable bonds is 6. The van der Waals surface area contributed by atoms with E-state index in [-0.39, 0.29) is 5.54 Å². The van der Waals surface area contributed by atoms with Crippen LogP contribution < -0.4 is 10.1 Å².